The van der Waals surface area contributed by atoms with E-state index in [1.807, 2.05) is 6.07 Å². The molecule has 0 N–H and O–H groups in total. The van der Waals surface area contributed by atoms with E-state index in [1.54, 1.807) is 12.1 Å². The molecule has 0 aliphatic rings. The first-order valence-electron chi connectivity index (χ1n) is 5.09. The summed E-state index contributed by atoms with van der Waals surface area (Å²) in [6, 6.07) is 10.4. The third kappa shape index (κ3) is 2.97. The molecule has 1 aromatic heterocycles. The maximum atomic E-state index is 10.6. The number of nitro groups is 1. The first-order valence-corrected chi connectivity index (χ1v) is 5.47. The van der Waals surface area contributed by atoms with Crippen molar-refractivity contribution in [3.05, 3.63) is 57.2 Å². The highest BCUT2D eigenvalue weighted by Gasteiger charge is 2.11. The number of benzene rings is 1. The number of nitro benzene ring substituents is 1. The summed E-state index contributed by atoms with van der Waals surface area (Å²) < 4.78 is 5.37. The highest BCUT2D eigenvalue weighted by atomic mass is 35.5. The predicted octanol–water partition coefficient (Wildman–Crippen LogP) is 3.31. The number of nitriles is 1. The van der Waals surface area contributed by atoms with E-state index in [2.05, 4.69) is 4.98 Å². The van der Waals surface area contributed by atoms with Gasteiger partial charge in [0.15, 0.2) is 0 Å². The van der Waals surface area contributed by atoms with Gasteiger partial charge in [0.2, 0.25) is 5.88 Å². The van der Waals surface area contributed by atoms with E-state index in [-0.39, 0.29) is 28.0 Å². The number of nitrogens with zero attached hydrogens (tertiary/aromatic N) is 3. The van der Waals surface area contributed by atoms with Gasteiger partial charge in [-0.3, -0.25) is 10.1 Å². The van der Waals surface area contributed by atoms with Crippen molar-refractivity contribution in [2.45, 2.75) is 0 Å². The molecule has 0 atom stereocenters. The molecule has 0 radical (unpaired) electrons. The smallest absolute Gasteiger partial charge is 0.271 e. The van der Waals surface area contributed by atoms with Gasteiger partial charge in [-0.1, -0.05) is 17.7 Å². The molecule has 1 aromatic carbocycles. The van der Waals surface area contributed by atoms with E-state index < -0.39 is 4.92 Å². The number of aromatic nitrogens is 1. The summed E-state index contributed by atoms with van der Waals surface area (Å²) in [6.07, 6.45) is 0. The number of rotatable bonds is 3. The second-order valence-electron chi connectivity index (χ2n) is 3.45. The molecule has 0 spiro atoms. The van der Waals surface area contributed by atoms with Crippen LogP contribution < -0.4 is 4.74 Å². The minimum absolute atomic E-state index is 0.0957. The number of ether oxygens (including phenoxy) is 1. The van der Waals surface area contributed by atoms with Crippen molar-refractivity contribution in [3.63, 3.8) is 0 Å². The fourth-order valence-corrected chi connectivity index (χ4v) is 1.55. The van der Waals surface area contributed by atoms with E-state index in [4.69, 9.17) is 21.6 Å². The minimum atomic E-state index is -0.551. The molecule has 94 valence electrons. The van der Waals surface area contributed by atoms with Crippen molar-refractivity contribution < 1.29 is 9.66 Å². The molecule has 0 saturated carbocycles. The summed E-state index contributed by atoms with van der Waals surface area (Å²) >= 11 is 5.87. The molecule has 7 heteroatoms. The molecular formula is C12H6ClN3O3. The normalized spacial score (nSPS) is 9.68. The fourth-order valence-electron chi connectivity index (χ4n) is 1.33. The Kier molecular flexibility index (Phi) is 3.59. The third-order valence-electron chi connectivity index (χ3n) is 2.18. The fraction of sp³-hybridized carbons (Fsp3) is 0. The van der Waals surface area contributed by atoms with Gasteiger partial charge in [-0.25, -0.2) is 4.98 Å². The SMILES string of the molecule is N#Cc1cccc(Oc2ccc([N+](=O)[O-])cc2Cl)n1. The van der Waals surface area contributed by atoms with E-state index in [9.17, 15) is 10.1 Å². The van der Waals surface area contributed by atoms with Gasteiger partial charge in [0.1, 0.15) is 17.5 Å². The number of halogens is 1. The number of non-ortho nitro benzene ring substituents is 1. The Hall–Kier alpha value is -2.65. The Bertz CT molecular complexity index is 682. The van der Waals surface area contributed by atoms with Crippen LogP contribution in [0.2, 0.25) is 5.02 Å². The van der Waals surface area contributed by atoms with Gasteiger partial charge in [-0.15, -0.1) is 0 Å². The number of hydrogen-bond donors (Lipinski definition) is 0. The summed E-state index contributed by atoms with van der Waals surface area (Å²) in [4.78, 5) is 13.9. The van der Waals surface area contributed by atoms with Crippen LogP contribution in [0.25, 0.3) is 0 Å². The van der Waals surface area contributed by atoms with Gasteiger partial charge >= 0.3 is 0 Å². The summed E-state index contributed by atoms with van der Waals surface area (Å²) in [5.74, 6) is 0.421. The van der Waals surface area contributed by atoms with Crippen molar-refractivity contribution in [3.8, 4) is 17.7 Å². The highest BCUT2D eigenvalue weighted by molar-refractivity contribution is 6.32. The second kappa shape index (κ2) is 5.33. The van der Waals surface area contributed by atoms with Crippen LogP contribution in [0.5, 0.6) is 11.6 Å². The standard InChI is InChI=1S/C12H6ClN3O3/c13-10-6-9(16(17)18)4-5-11(10)19-12-3-1-2-8(7-14)15-12/h1-6H. The Balaban J connectivity index is 2.28. The van der Waals surface area contributed by atoms with Gasteiger partial charge in [0, 0.05) is 18.2 Å². The quantitative estimate of drug-likeness (QED) is 0.633. The van der Waals surface area contributed by atoms with Crippen molar-refractivity contribution in [2.24, 2.45) is 0 Å². The molecular weight excluding hydrogens is 270 g/mol. The number of pyridine rings is 1. The zero-order valence-electron chi connectivity index (χ0n) is 9.41. The Morgan fingerprint density at radius 3 is 2.79 bits per heavy atom. The molecule has 0 fully saturated rings. The lowest BCUT2D eigenvalue weighted by molar-refractivity contribution is -0.384. The van der Waals surface area contributed by atoms with E-state index in [1.165, 1.54) is 24.3 Å². The van der Waals surface area contributed by atoms with Gasteiger partial charge in [-0.05, 0) is 12.1 Å². The van der Waals surface area contributed by atoms with Crippen molar-refractivity contribution in [1.82, 2.24) is 4.98 Å². The highest BCUT2D eigenvalue weighted by Crippen LogP contribution is 2.31. The lowest BCUT2D eigenvalue weighted by atomic mass is 10.3. The second-order valence-corrected chi connectivity index (χ2v) is 3.85. The molecule has 1 heterocycles. The van der Waals surface area contributed by atoms with Crippen LogP contribution in [0.3, 0.4) is 0 Å². The summed E-state index contributed by atoms with van der Waals surface area (Å²) in [6.45, 7) is 0. The monoisotopic (exact) mass is 275 g/mol. The topological polar surface area (TPSA) is 89.0 Å². The molecule has 0 unspecified atom stereocenters. The first-order chi connectivity index (χ1) is 9.10. The van der Waals surface area contributed by atoms with Crippen LogP contribution in [-0.4, -0.2) is 9.91 Å². The largest absolute Gasteiger partial charge is 0.437 e. The van der Waals surface area contributed by atoms with Crippen LogP contribution in [0, 0.1) is 21.4 Å². The molecule has 2 aromatic rings. The lowest BCUT2D eigenvalue weighted by Crippen LogP contribution is -1.92. The molecule has 6 nitrogen and oxygen atoms in total. The van der Waals surface area contributed by atoms with Crippen molar-refractivity contribution in [1.29, 1.82) is 5.26 Å². The molecule has 19 heavy (non-hydrogen) atoms. The third-order valence-corrected chi connectivity index (χ3v) is 2.47. The average Bonchev–Trinajstić information content (AvgIpc) is 2.41. The maximum Gasteiger partial charge on any atom is 0.271 e. The van der Waals surface area contributed by atoms with Gasteiger partial charge in [0.05, 0.1) is 9.95 Å². The predicted molar refractivity (Wildman–Crippen MR) is 67.1 cm³/mol. The molecule has 2 rings (SSSR count). The van der Waals surface area contributed by atoms with Crippen LogP contribution in [0.1, 0.15) is 5.69 Å². The Labute approximate surface area is 113 Å². The van der Waals surface area contributed by atoms with Crippen LogP contribution in [0.15, 0.2) is 36.4 Å². The summed E-state index contributed by atoms with van der Waals surface area (Å²) in [5.41, 5.74) is 0.0756. The molecule has 0 amide bonds. The van der Waals surface area contributed by atoms with Gasteiger partial charge in [0.25, 0.3) is 5.69 Å². The molecule has 0 saturated heterocycles. The van der Waals surface area contributed by atoms with E-state index >= 15 is 0 Å². The first kappa shape index (κ1) is 12.8. The van der Waals surface area contributed by atoms with E-state index in [0.717, 1.165) is 0 Å². The molecule has 0 aliphatic carbocycles. The zero-order valence-corrected chi connectivity index (χ0v) is 10.2. The summed E-state index contributed by atoms with van der Waals surface area (Å²) in [7, 11) is 0. The van der Waals surface area contributed by atoms with Crippen molar-refractivity contribution in [2.75, 3.05) is 0 Å². The van der Waals surface area contributed by atoms with Crippen LogP contribution >= 0.6 is 11.6 Å². The minimum Gasteiger partial charge on any atom is -0.437 e. The average molecular weight is 276 g/mol. The van der Waals surface area contributed by atoms with Crippen molar-refractivity contribution >= 4 is 17.3 Å². The maximum absolute atomic E-state index is 10.6. The van der Waals surface area contributed by atoms with Gasteiger partial charge < -0.3 is 4.74 Å². The lowest BCUT2D eigenvalue weighted by Gasteiger charge is -2.06. The Morgan fingerprint density at radius 2 is 2.16 bits per heavy atom. The summed E-state index contributed by atoms with van der Waals surface area (Å²) in [5, 5.41) is 19.4. The van der Waals surface area contributed by atoms with E-state index in [0.29, 0.717) is 0 Å². The van der Waals surface area contributed by atoms with Crippen LogP contribution in [-0.2, 0) is 0 Å². The number of hydrogen-bond acceptors (Lipinski definition) is 5. The molecule has 0 bridgehead atoms. The van der Waals surface area contributed by atoms with Crippen LogP contribution in [0.4, 0.5) is 5.69 Å². The zero-order chi connectivity index (χ0) is 13.8. The Morgan fingerprint density at radius 1 is 1.37 bits per heavy atom. The molecule has 0 aliphatic heterocycles. The van der Waals surface area contributed by atoms with Gasteiger partial charge in [-0.2, -0.15) is 5.26 Å².